The molecule has 3 aliphatic heterocycles. The zero-order chi connectivity index (χ0) is 27.8. The van der Waals surface area contributed by atoms with Crippen molar-refractivity contribution in [3.8, 4) is 0 Å². The molecule has 2 fully saturated rings. The minimum absolute atomic E-state index is 0.0241. The fourth-order valence-corrected chi connectivity index (χ4v) is 5.93. The lowest BCUT2D eigenvalue weighted by Gasteiger charge is -2.40. The molecule has 40 heavy (non-hydrogen) atoms. The average molecular weight is 537 g/mol. The van der Waals surface area contributed by atoms with Crippen molar-refractivity contribution in [3.05, 3.63) is 107 Å². The second-order valence-electron chi connectivity index (χ2n) is 10.2. The second kappa shape index (κ2) is 10.5. The lowest BCUT2D eigenvalue weighted by Crippen LogP contribution is -2.54. The van der Waals surface area contributed by atoms with Crippen LogP contribution >= 0.6 is 0 Å². The van der Waals surface area contributed by atoms with Crippen molar-refractivity contribution in [2.24, 2.45) is 0 Å². The highest BCUT2D eigenvalue weighted by atomic mass is 16.2. The molecule has 1 atom stereocenters. The smallest absolute Gasteiger partial charge is 0.263 e. The molecule has 6 rings (SSSR count). The van der Waals surface area contributed by atoms with Gasteiger partial charge in [0.05, 0.1) is 22.7 Å². The zero-order valence-electron chi connectivity index (χ0n) is 21.8. The van der Waals surface area contributed by atoms with E-state index in [-0.39, 0.29) is 41.5 Å². The van der Waals surface area contributed by atoms with E-state index in [4.69, 9.17) is 0 Å². The predicted molar refractivity (Wildman–Crippen MR) is 145 cm³/mol. The molecule has 9 nitrogen and oxygen atoms in total. The topological polar surface area (TPSA) is 107 Å². The van der Waals surface area contributed by atoms with E-state index in [2.05, 4.69) is 34.5 Å². The van der Waals surface area contributed by atoms with E-state index in [1.165, 1.54) is 17.2 Å². The quantitative estimate of drug-likeness (QED) is 0.503. The van der Waals surface area contributed by atoms with Crippen LogP contribution in [0.15, 0.2) is 78.9 Å². The summed E-state index contributed by atoms with van der Waals surface area (Å²) in [4.78, 5) is 69.3. The van der Waals surface area contributed by atoms with E-state index in [0.717, 1.165) is 4.90 Å². The van der Waals surface area contributed by atoms with Gasteiger partial charge in [-0.05, 0) is 29.7 Å². The SMILES string of the molecule is O=C1CCC(N2C(=O)c3cccc(C(=O)N4CCN(C(c5ccccc5)c5ccccc5)CC4)c3C2=O)C(=O)N1. The molecule has 0 aliphatic carbocycles. The number of nitrogens with zero attached hydrogens (tertiary/aromatic N) is 3. The molecule has 9 heteroatoms. The van der Waals surface area contributed by atoms with Crippen LogP contribution in [0.5, 0.6) is 0 Å². The summed E-state index contributed by atoms with van der Waals surface area (Å²) in [7, 11) is 0. The molecule has 0 saturated carbocycles. The lowest BCUT2D eigenvalue weighted by molar-refractivity contribution is -0.136. The first-order valence-corrected chi connectivity index (χ1v) is 13.4. The van der Waals surface area contributed by atoms with E-state index in [9.17, 15) is 24.0 Å². The van der Waals surface area contributed by atoms with Gasteiger partial charge < -0.3 is 4.90 Å². The van der Waals surface area contributed by atoms with Gasteiger partial charge >= 0.3 is 0 Å². The Balaban J connectivity index is 1.22. The molecule has 3 aromatic rings. The van der Waals surface area contributed by atoms with Crippen molar-refractivity contribution in [2.75, 3.05) is 26.2 Å². The summed E-state index contributed by atoms with van der Waals surface area (Å²) in [5, 5.41) is 2.20. The van der Waals surface area contributed by atoms with E-state index in [1.54, 1.807) is 17.0 Å². The Labute approximate surface area is 231 Å². The number of nitrogens with one attached hydrogen (secondary N) is 1. The van der Waals surface area contributed by atoms with Crippen LogP contribution < -0.4 is 5.32 Å². The summed E-state index contributed by atoms with van der Waals surface area (Å²) in [6, 6.07) is 24.1. The molecule has 0 spiro atoms. The van der Waals surface area contributed by atoms with Crippen molar-refractivity contribution in [2.45, 2.75) is 24.9 Å². The third-order valence-electron chi connectivity index (χ3n) is 7.90. The standard InChI is InChI=1S/C31H28N4O5/c36-25-15-14-24(28(37)32-25)35-30(39)23-13-7-12-22(26(23)31(35)40)29(38)34-18-16-33(17-19-34)27(20-8-3-1-4-9-20)21-10-5-2-6-11-21/h1-13,24,27H,14-19H2,(H,32,36,37). The third-order valence-corrected chi connectivity index (χ3v) is 7.90. The van der Waals surface area contributed by atoms with Crippen molar-refractivity contribution < 1.29 is 24.0 Å². The number of amides is 5. The molecule has 0 bridgehead atoms. The number of carbonyl (C=O) groups is 5. The van der Waals surface area contributed by atoms with Crippen LogP contribution in [0.4, 0.5) is 0 Å². The fraction of sp³-hybridized carbons (Fsp3) is 0.258. The van der Waals surface area contributed by atoms with E-state index in [0.29, 0.717) is 26.2 Å². The summed E-state index contributed by atoms with van der Waals surface area (Å²) < 4.78 is 0. The van der Waals surface area contributed by atoms with Gasteiger partial charge in [0.1, 0.15) is 6.04 Å². The number of hydrogen-bond donors (Lipinski definition) is 1. The number of fused-ring (bicyclic) bond motifs is 1. The van der Waals surface area contributed by atoms with Gasteiger partial charge in [0, 0.05) is 32.6 Å². The van der Waals surface area contributed by atoms with Gasteiger partial charge in [0.25, 0.3) is 17.7 Å². The van der Waals surface area contributed by atoms with Gasteiger partial charge in [-0.15, -0.1) is 0 Å². The summed E-state index contributed by atoms with van der Waals surface area (Å²) in [6.07, 6.45) is 0.0954. The van der Waals surface area contributed by atoms with Gasteiger partial charge in [-0.3, -0.25) is 39.1 Å². The van der Waals surface area contributed by atoms with Crippen molar-refractivity contribution in [3.63, 3.8) is 0 Å². The van der Waals surface area contributed by atoms with Gasteiger partial charge in [0.15, 0.2) is 0 Å². The highest BCUT2D eigenvalue weighted by Crippen LogP contribution is 2.32. The molecule has 3 heterocycles. The van der Waals surface area contributed by atoms with E-state index >= 15 is 0 Å². The maximum Gasteiger partial charge on any atom is 0.263 e. The first kappa shape index (κ1) is 25.6. The second-order valence-corrected chi connectivity index (χ2v) is 10.2. The molecule has 0 aromatic heterocycles. The van der Waals surface area contributed by atoms with Crippen LogP contribution in [0.1, 0.15) is 61.1 Å². The average Bonchev–Trinajstić information content (AvgIpc) is 3.24. The number of rotatable bonds is 5. The van der Waals surface area contributed by atoms with Crippen molar-refractivity contribution >= 4 is 29.5 Å². The van der Waals surface area contributed by atoms with Crippen molar-refractivity contribution in [1.82, 2.24) is 20.0 Å². The molecule has 1 unspecified atom stereocenters. The van der Waals surface area contributed by atoms with Crippen LogP contribution in [0.3, 0.4) is 0 Å². The highest BCUT2D eigenvalue weighted by molar-refractivity contribution is 6.26. The minimum atomic E-state index is -1.08. The molecular formula is C31H28N4O5. The molecule has 1 N–H and O–H groups in total. The van der Waals surface area contributed by atoms with Gasteiger partial charge in [-0.2, -0.15) is 0 Å². The van der Waals surface area contributed by atoms with Crippen LogP contribution in [-0.4, -0.2) is 76.5 Å². The van der Waals surface area contributed by atoms with Gasteiger partial charge in [-0.25, -0.2) is 0 Å². The third kappa shape index (κ3) is 4.48. The lowest BCUT2D eigenvalue weighted by atomic mass is 9.96. The summed E-state index contributed by atoms with van der Waals surface area (Å²) in [5.74, 6) is -2.73. The molecule has 5 amide bonds. The number of piperazine rings is 1. The largest absolute Gasteiger partial charge is 0.336 e. The Bertz CT molecular complexity index is 1460. The predicted octanol–water partition coefficient (Wildman–Crippen LogP) is 2.64. The molecular weight excluding hydrogens is 508 g/mol. The number of hydrogen-bond acceptors (Lipinski definition) is 6. The fourth-order valence-electron chi connectivity index (χ4n) is 5.93. The van der Waals surface area contributed by atoms with Crippen LogP contribution in [0.2, 0.25) is 0 Å². The number of benzene rings is 3. The molecule has 2 saturated heterocycles. The Morgan fingerprint density at radius 2 is 1.38 bits per heavy atom. The maximum atomic E-state index is 13.7. The summed E-state index contributed by atoms with van der Waals surface area (Å²) in [5.41, 5.74) is 2.63. The molecule has 202 valence electrons. The molecule has 3 aromatic carbocycles. The number of piperidine rings is 1. The van der Waals surface area contributed by atoms with Gasteiger partial charge in [-0.1, -0.05) is 66.7 Å². The highest BCUT2D eigenvalue weighted by Gasteiger charge is 2.46. The normalized spacial score (nSPS) is 19.7. The van der Waals surface area contributed by atoms with Crippen molar-refractivity contribution in [1.29, 1.82) is 0 Å². The summed E-state index contributed by atoms with van der Waals surface area (Å²) in [6.45, 7) is 2.17. The van der Waals surface area contributed by atoms with Crippen LogP contribution in [0.25, 0.3) is 0 Å². The zero-order valence-corrected chi connectivity index (χ0v) is 21.8. The van der Waals surface area contributed by atoms with Crippen LogP contribution in [0, 0.1) is 0 Å². The molecule has 3 aliphatic rings. The van der Waals surface area contributed by atoms with Gasteiger partial charge in [0.2, 0.25) is 11.8 Å². The Morgan fingerprint density at radius 3 is 1.98 bits per heavy atom. The number of carbonyl (C=O) groups excluding carboxylic acids is 5. The minimum Gasteiger partial charge on any atom is -0.336 e. The summed E-state index contributed by atoms with van der Waals surface area (Å²) >= 11 is 0. The Morgan fingerprint density at radius 1 is 0.750 bits per heavy atom. The van der Waals surface area contributed by atoms with Crippen LogP contribution in [-0.2, 0) is 9.59 Å². The Hall–Kier alpha value is -4.63. The van der Waals surface area contributed by atoms with E-state index in [1.807, 2.05) is 36.4 Å². The first-order valence-electron chi connectivity index (χ1n) is 13.4. The number of imide groups is 2. The molecule has 0 radical (unpaired) electrons. The Kier molecular flexibility index (Phi) is 6.73. The monoisotopic (exact) mass is 536 g/mol. The first-order chi connectivity index (χ1) is 19.4. The maximum absolute atomic E-state index is 13.7. The van der Waals surface area contributed by atoms with E-state index < -0.39 is 29.7 Å².